The lowest BCUT2D eigenvalue weighted by Gasteiger charge is -2.17. The maximum Gasteiger partial charge on any atom is 0.371 e. The van der Waals surface area contributed by atoms with Crippen molar-refractivity contribution in [3.05, 3.63) is 23.7 Å². The summed E-state index contributed by atoms with van der Waals surface area (Å²) in [5, 5.41) is 14.2. The standard InChI is InChI=1S/C14H22N2O4/c1-4-9(2)7-10(3)16-14(19)15-8-11-5-6-12(20-11)13(17)18/h5-6,9-10H,4,7-8H2,1-3H3,(H,17,18)(H2,15,16,19). The molecule has 3 N–H and O–H groups in total. The lowest BCUT2D eigenvalue weighted by atomic mass is 10.0. The van der Waals surface area contributed by atoms with Gasteiger partial charge < -0.3 is 20.2 Å². The molecule has 0 aliphatic heterocycles. The molecule has 0 aromatic carbocycles. The van der Waals surface area contributed by atoms with E-state index in [2.05, 4.69) is 24.5 Å². The summed E-state index contributed by atoms with van der Waals surface area (Å²) in [6.45, 7) is 6.39. The third-order valence-electron chi connectivity index (χ3n) is 3.13. The first-order chi connectivity index (χ1) is 9.42. The molecule has 2 atom stereocenters. The minimum Gasteiger partial charge on any atom is -0.475 e. The Balaban J connectivity index is 2.33. The van der Waals surface area contributed by atoms with Gasteiger partial charge >= 0.3 is 12.0 Å². The molecule has 6 heteroatoms. The Labute approximate surface area is 118 Å². The fourth-order valence-corrected chi connectivity index (χ4v) is 1.86. The van der Waals surface area contributed by atoms with Crippen molar-refractivity contribution in [2.45, 2.75) is 46.2 Å². The van der Waals surface area contributed by atoms with Crippen molar-refractivity contribution in [1.82, 2.24) is 10.6 Å². The molecule has 0 bridgehead atoms. The van der Waals surface area contributed by atoms with Crippen molar-refractivity contribution in [3.8, 4) is 0 Å². The molecule has 0 fully saturated rings. The van der Waals surface area contributed by atoms with Gasteiger partial charge in [0, 0.05) is 6.04 Å². The maximum atomic E-state index is 11.7. The van der Waals surface area contributed by atoms with E-state index >= 15 is 0 Å². The number of carbonyl (C=O) groups excluding carboxylic acids is 1. The monoisotopic (exact) mass is 282 g/mol. The number of carboxylic acids is 1. The van der Waals surface area contributed by atoms with E-state index in [-0.39, 0.29) is 24.4 Å². The summed E-state index contributed by atoms with van der Waals surface area (Å²) in [4.78, 5) is 22.3. The lowest BCUT2D eigenvalue weighted by Crippen LogP contribution is -2.41. The molecule has 1 rings (SSSR count). The fourth-order valence-electron chi connectivity index (χ4n) is 1.86. The number of rotatable bonds is 7. The zero-order chi connectivity index (χ0) is 15.1. The van der Waals surface area contributed by atoms with E-state index in [0.29, 0.717) is 11.7 Å². The quantitative estimate of drug-likeness (QED) is 0.716. The number of nitrogens with one attached hydrogen (secondary N) is 2. The van der Waals surface area contributed by atoms with E-state index in [9.17, 15) is 9.59 Å². The average Bonchev–Trinajstić information content (AvgIpc) is 2.85. The van der Waals surface area contributed by atoms with Gasteiger partial charge in [-0.05, 0) is 31.4 Å². The van der Waals surface area contributed by atoms with Crippen LogP contribution in [0.25, 0.3) is 0 Å². The van der Waals surface area contributed by atoms with Crippen LogP contribution in [0.15, 0.2) is 16.5 Å². The van der Waals surface area contributed by atoms with Crippen LogP contribution in [-0.2, 0) is 6.54 Å². The Morgan fingerprint density at radius 3 is 2.60 bits per heavy atom. The van der Waals surface area contributed by atoms with Crippen LogP contribution in [0.4, 0.5) is 4.79 Å². The van der Waals surface area contributed by atoms with Gasteiger partial charge in [-0.2, -0.15) is 0 Å². The van der Waals surface area contributed by atoms with E-state index in [1.165, 1.54) is 12.1 Å². The molecule has 0 aliphatic rings. The molecule has 6 nitrogen and oxygen atoms in total. The van der Waals surface area contributed by atoms with Crippen molar-refractivity contribution in [3.63, 3.8) is 0 Å². The van der Waals surface area contributed by atoms with Crippen molar-refractivity contribution < 1.29 is 19.1 Å². The summed E-state index contributed by atoms with van der Waals surface area (Å²) in [5.41, 5.74) is 0. The van der Waals surface area contributed by atoms with E-state index in [4.69, 9.17) is 9.52 Å². The Morgan fingerprint density at radius 1 is 1.35 bits per heavy atom. The highest BCUT2D eigenvalue weighted by atomic mass is 16.4. The molecule has 0 saturated heterocycles. The van der Waals surface area contributed by atoms with Crippen LogP contribution in [0.1, 0.15) is 49.9 Å². The zero-order valence-corrected chi connectivity index (χ0v) is 12.1. The van der Waals surface area contributed by atoms with E-state index in [1.807, 2.05) is 6.92 Å². The van der Waals surface area contributed by atoms with Gasteiger partial charge in [-0.25, -0.2) is 9.59 Å². The number of carboxylic acid groups (broad SMARTS) is 1. The summed E-state index contributed by atoms with van der Waals surface area (Å²) in [6.07, 6.45) is 2.01. The number of furan rings is 1. The topological polar surface area (TPSA) is 91.6 Å². The number of hydrogen-bond donors (Lipinski definition) is 3. The van der Waals surface area contributed by atoms with E-state index in [1.54, 1.807) is 0 Å². The van der Waals surface area contributed by atoms with Gasteiger partial charge in [0.25, 0.3) is 0 Å². The molecule has 0 spiro atoms. The molecule has 0 aliphatic carbocycles. The van der Waals surface area contributed by atoms with Crippen LogP contribution in [0.2, 0.25) is 0 Å². The third kappa shape index (κ3) is 5.34. The molecule has 0 saturated carbocycles. The molecular formula is C14H22N2O4. The van der Waals surface area contributed by atoms with Crippen LogP contribution in [0.3, 0.4) is 0 Å². The highest BCUT2D eigenvalue weighted by molar-refractivity contribution is 5.84. The van der Waals surface area contributed by atoms with Crippen molar-refractivity contribution in [2.24, 2.45) is 5.92 Å². The van der Waals surface area contributed by atoms with Crippen LogP contribution in [-0.4, -0.2) is 23.1 Å². The fraction of sp³-hybridized carbons (Fsp3) is 0.571. The Morgan fingerprint density at radius 2 is 2.05 bits per heavy atom. The smallest absolute Gasteiger partial charge is 0.371 e. The van der Waals surface area contributed by atoms with Crippen LogP contribution in [0, 0.1) is 5.92 Å². The second-order valence-electron chi connectivity index (χ2n) is 5.05. The van der Waals surface area contributed by atoms with Gasteiger partial charge in [-0.3, -0.25) is 0 Å². The van der Waals surface area contributed by atoms with Crippen LogP contribution >= 0.6 is 0 Å². The highest BCUT2D eigenvalue weighted by Gasteiger charge is 2.12. The second-order valence-corrected chi connectivity index (χ2v) is 5.05. The van der Waals surface area contributed by atoms with Gasteiger partial charge in [0.15, 0.2) is 0 Å². The SMILES string of the molecule is CCC(C)CC(C)NC(=O)NCc1ccc(C(=O)O)o1. The minimum absolute atomic E-state index is 0.0936. The zero-order valence-electron chi connectivity index (χ0n) is 12.1. The van der Waals surface area contributed by atoms with Gasteiger partial charge in [0.2, 0.25) is 5.76 Å². The molecular weight excluding hydrogens is 260 g/mol. The Hall–Kier alpha value is -1.98. The van der Waals surface area contributed by atoms with E-state index in [0.717, 1.165) is 12.8 Å². The summed E-state index contributed by atoms with van der Waals surface area (Å²) >= 11 is 0. The van der Waals surface area contributed by atoms with Gasteiger partial charge in [-0.1, -0.05) is 20.3 Å². The molecule has 0 radical (unpaired) electrons. The molecule has 2 amide bonds. The minimum atomic E-state index is -1.12. The lowest BCUT2D eigenvalue weighted by molar-refractivity contribution is 0.0660. The molecule has 112 valence electrons. The van der Waals surface area contributed by atoms with Gasteiger partial charge in [0.05, 0.1) is 6.54 Å². The molecule has 20 heavy (non-hydrogen) atoms. The predicted molar refractivity (Wildman–Crippen MR) is 74.6 cm³/mol. The number of amides is 2. The Kier molecular flexibility index (Phi) is 6.09. The maximum absolute atomic E-state index is 11.7. The molecule has 1 aromatic heterocycles. The molecule has 1 heterocycles. The van der Waals surface area contributed by atoms with Gasteiger partial charge in [0.1, 0.15) is 5.76 Å². The van der Waals surface area contributed by atoms with Crippen LogP contribution in [0.5, 0.6) is 0 Å². The van der Waals surface area contributed by atoms with Crippen molar-refractivity contribution in [1.29, 1.82) is 0 Å². The first kappa shape index (κ1) is 16.1. The summed E-state index contributed by atoms with van der Waals surface area (Å²) in [7, 11) is 0. The molecule has 2 unspecified atom stereocenters. The highest BCUT2D eigenvalue weighted by Crippen LogP contribution is 2.09. The number of urea groups is 1. The predicted octanol–water partition coefficient (Wildman–Crippen LogP) is 2.60. The number of aromatic carboxylic acids is 1. The number of carbonyl (C=O) groups is 2. The normalized spacial score (nSPS) is 13.6. The second kappa shape index (κ2) is 7.57. The Bertz CT molecular complexity index is 456. The van der Waals surface area contributed by atoms with Crippen molar-refractivity contribution >= 4 is 12.0 Å². The van der Waals surface area contributed by atoms with Gasteiger partial charge in [-0.15, -0.1) is 0 Å². The summed E-state index contributed by atoms with van der Waals surface area (Å²) in [5.74, 6) is -0.282. The van der Waals surface area contributed by atoms with Crippen molar-refractivity contribution in [2.75, 3.05) is 0 Å². The third-order valence-corrected chi connectivity index (χ3v) is 3.13. The first-order valence-corrected chi connectivity index (χ1v) is 6.78. The summed E-state index contributed by atoms with van der Waals surface area (Å²) in [6, 6.07) is 2.71. The van der Waals surface area contributed by atoms with Crippen LogP contribution < -0.4 is 10.6 Å². The summed E-state index contributed by atoms with van der Waals surface area (Å²) < 4.78 is 5.04. The first-order valence-electron chi connectivity index (χ1n) is 6.78. The number of hydrogen-bond acceptors (Lipinski definition) is 3. The van der Waals surface area contributed by atoms with E-state index < -0.39 is 5.97 Å². The molecule has 1 aromatic rings. The largest absolute Gasteiger partial charge is 0.475 e. The average molecular weight is 282 g/mol.